The number of rotatable bonds is 7. The second kappa shape index (κ2) is 8.55. The standard InChI is InChI=1S/C20H20N2O4S/c1-4-26-14-9-10-15-17(12-14)27-20(21-15)22-18(23)11-8-13-6-5-7-16(24-2)19(13)25-3/h5-12H,4H2,1-3H3,(H,21,22,23)/b11-8+. The molecule has 3 aromatic rings. The molecule has 1 amide bonds. The van der Waals surface area contributed by atoms with E-state index in [0.29, 0.717) is 23.2 Å². The molecule has 0 radical (unpaired) electrons. The van der Waals surface area contributed by atoms with E-state index in [4.69, 9.17) is 14.2 Å². The topological polar surface area (TPSA) is 69.7 Å². The summed E-state index contributed by atoms with van der Waals surface area (Å²) in [5, 5.41) is 3.32. The van der Waals surface area contributed by atoms with Crippen molar-refractivity contribution in [3.63, 3.8) is 0 Å². The second-order valence-electron chi connectivity index (χ2n) is 5.49. The molecule has 140 valence electrons. The highest BCUT2D eigenvalue weighted by atomic mass is 32.1. The minimum atomic E-state index is -0.274. The molecule has 0 bridgehead atoms. The van der Waals surface area contributed by atoms with Crippen molar-refractivity contribution in [2.75, 3.05) is 26.1 Å². The maximum Gasteiger partial charge on any atom is 0.250 e. The van der Waals surface area contributed by atoms with Gasteiger partial charge in [0.1, 0.15) is 5.75 Å². The number of benzene rings is 2. The first-order valence-electron chi connectivity index (χ1n) is 8.38. The minimum absolute atomic E-state index is 0.274. The molecule has 1 N–H and O–H groups in total. The fourth-order valence-corrected chi connectivity index (χ4v) is 3.47. The summed E-state index contributed by atoms with van der Waals surface area (Å²) in [4.78, 5) is 16.7. The zero-order valence-electron chi connectivity index (χ0n) is 15.3. The molecule has 1 heterocycles. The first-order valence-corrected chi connectivity index (χ1v) is 9.19. The summed E-state index contributed by atoms with van der Waals surface area (Å²) < 4.78 is 17.1. The van der Waals surface area contributed by atoms with Crippen molar-refractivity contribution in [1.82, 2.24) is 4.98 Å². The smallest absolute Gasteiger partial charge is 0.250 e. The van der Waals surface area contributed by atoms with E-state index in [1.54, 1.807) is 26.4 Å². The number of aromatic nitrogens is 1. The Morgan fingerprint density at radius 2 is 2.07 bits per heavy atom. The second-order valence-corrected chi connectivity index (χ2v) is 6.52. The number of fused-ring (bicyclic) bond motifs is 1. The largest absolute Gasteiger partial charge is 0.494 e. The van der Waals surface area contributed by atoms with Gasteiger partial charge in [-0.3, -0.25) is 10.1 Å². The summed E-state index contributed by atoms with van der Waals surface area (Å²) in [6.45, 7) is 2.54. The van der Waals surface area contributed by atoms with E-state index in [9.17, 15) is 4.79 Å². The van der Waals surface area contributed by atoms with Crippen LogP contribution in [0.25, 0.3) is 16.3 Å². The van der Waals surface area contributed by atoms with Gasteiger partial charge in [0, 0.05) is 11.6 Å². The van der Waals surface area contributed by atoms with Crippen LogP contribution in [0.2, 0.25) is 0 Å². The van der Waals surface area contributed by atoms with Crippen LogP contribution in [-0.4, -0.2) is 31.7 Å². The third-order valence-electron chi connectivity index (χ3n) is 3.75. The van der Waals surface area contributed by atoms with E-state index in [1.165, 1.54) is 17.4 Å². The Balaban J connectivity index is 1.74. The van der Waals surface area contributed by atoms with Gasteiger partial charge >= 0.3 is 0 Å². The number of hydrogen-bond donors (Lipinski definition) is 1. The van der Waals surface area contributed by atoms with Crippen LogP contribution in [0.4, 0.5) is 5.13 Å². The molecule has 0 aliphatic heterocycles. The molecule has 0 fully saturated rings. The number of carbonyl (C=O) groups excluding carboxylic acids is 1. The monoisotopic (exact) mass is 384 g/mol. The number of methoxy groups -OCH3 is 2. The molecule has 1 aromatic heterocycles. The van der Waals surface area contributed by atoms with Gasteiger partial charge in [0.15, 0.2) is 16.6 Å². The van der Waals surface area contributed by atoms with E-state index in [2.05, 4.69) is 10.3 Å². The van der Waals surface area contributed by atoms with Crippen molar-refractivity contribution in [1.29, 1.82) is 0 Å². The van der Waals surface area contributed by atoms with Gasteiger partial charge < -0.3 is 14.2 Å². The first-order chi connectivity index (χ1) is 13.1. The van der Waals surface area contributed by atoms with Gasteiger partial charge in [-0.15, -0.1) is 0 Å². The number of ether oxygens (including phenoxy) is 3. The molecule has 3 rings (SSSR count). The Hall–Kier alpha value is -3.06. The molecule has 7 heteroatoms. The van der Waals surface area contributed by atoms with Crippen molar-refractivity contribution in [2.45, 2.75) is 6.92 Å². The quantitative estimate of drug-likeness (QED) is 0.613. The van der Waals surface area contributed by atoms with E-state index in [1.807, 2.05) is 37.3 Å². The lowest BCUT2D eigenvalue weighted by Crippen LogP contribution is -2.07. The highest BCUT2D eigenvalue weighted by molar-refractivity contribution is 7.22. The molecular weight excluding hydrogens is 364 g/mol. The van der Waals surface area contributed by atoms with Crippen LogP contribution >= 0.6 is 11.3 Å². The molecule has 27 heavy (non-hydrogen) atoms. The Bertz CT molecular complexity index is 981. The van der Waals surface area contributed by atoms with Gasteiger partial charge in [-0.25, -0.2) is 4.98 Å². The molecule has 0 atom stereocenters. The van der Waals surface area contributed by atoms with Gasteiger partial charge in [0.25, 0.3) is 0 Å². The number of anilines is 1. The number of thiazole rings is 1. The minimum Gasteiger partial charge on any atom is -0.494 e. The molecule has 0 aliphatic carbocycles. The Labute approximate surface area is 161 Å². The summed E-state index contributed by atoms with van der Waals surface area (Å²) in [6, 6.07) is 11.1. The maximum atomic E-state index is 12.3. The van der Waals surface area contributed by atoms with E-state index < -0.39 is 0 Å². The van der Waals surface area contributed by atoms with Crippen LogP contribution in [0.1, 0.15) is 12.5 Å². The highest BCUT2D eigenvalue weighted by Crippen LogP contribution is 2.32. The van der Waals surface area contributed by atoms with Crippen molar-refractivity contribution >= 4 is 38.7 Å². The highest BCUT2D eigenvalue weighted by Gasteiger charge is 2.09. The Morgan fingerprint density at radius 1 is 1.22 bits per heavy atom. The Morgan fingerprint density at radius 3 is 2.81 bits per heavy atom. The summed E-state index contributed by atoms with van der Waals surface area (Å²) in [5.74, 6) is 1.70. The van der Waals surface area contributed by atoms with Gasteiger partial charge in [-0.2, -0.15) is 0 Å². The van der Waals surface area contributed by atoms with Crippen LogP contribution in [-0.2, 0) is 4.79 Å². The lowest BCUT2D eigenvalue weighted by Gasteiger charge is -2.09. The lowest BCUT2D eigenvalue weighted by molar-refractivity contribution is -0.111. The zero-order chi connectivity index (χ0) is 19.2. The van der Waals surface area contributed by atoms with Crippen LogP contribution in [0, 0.1) is 0 Å². The number of carbonyl (C=O) groups is 1. The third-order valence-corrected chi connectivity index (χ3v) is 4.68. The van der Waals surface area contributed by atoms with E-state index in [-0.39, 0.29) is 5.91 Å². The third kappa shape index (κ3) is 4.38. The first kappa shape index (κ1) is 18.7. The number of nitrogens with one attached hydrogen (secondary N) is 1. The summed E-state index contributed by atoms with van der Waals surface area (Å²) >= 11 is 1.40. The fraction of sp³-hybridized carbons (Fsp3) is 0.200. The van der Waals surface area contributed by atoms with Crippen molar-refractivity contribution in [3.05, 3.63) is 48.0 Å². The maximum absolute atomic E-state index is 12.3. The van der Waals surface area contributed by atoms with Crippen LogP contribution in [0.3, 0.4) is 0 Å². The van der Waals surface area contributed by atoms with Gasteiger partial charge in [0.05, 0.1) is 31.0 Å². The van der Waals surface area contributed by atoms with Crippen molar-refractivity contribution < 1.29 is 19.0 Å². The van der Waals surface area contributed by atoms with Gasteiger partial charge in [-0.1, -0.05) is 23.5 Å². The molecule has 0 saturated heterocycles. The average molecular weight is 384 g/mol. The molecule has 0 unspecified atom stereocenters. The molecule has 6 nitrogen and oxygen atoms in total. The average Bonchev–Trinajstić information content (AvgIpc) is 3.07. The number of para-hydroxylation sites is 1. The summed E-state index contributed by atoms with van der Waals surface area (Å²) in [5.41, 5.74) is 1.56. The van der Waals surface area contributed by atoms with Crippen molar-refractivity contribution in [2.24, 2.45) is 0 Å². The van der Waals surface area contributed by atoms with Gasteiger partial charge in [-0.05, 0) is 37.3 Å². The van der Waals surface area contributed by atoms with Gasteiger partial charge in [0.2, 0.25) is 5.91 Å². The zero-order valence-corrected chi connectivity index (χ0v) is 16.1. The molecule has 0 saturated carbocycles. The number of amides is 1. The fourth-order valence-electron chi connectivity index (χ4n) is 2.57. The predicted octanol–water partition coefficient (Wildman–Crippen LogP) is 4.36. The number of hydrogen-bond acceptors (Lipinski definition) is 6. The molecule has 0 spiro atoms. The number of nitrogens with zero attached hydrogens (tertiary/aromatic N) is 1. The SMILES string of the molecule is CCOc1ccc2nc(NC(=O)/C=C/c3cccc(OC)c3OC)sc2c1. The van der Waals surface area contributed by atoms with Crippen LogP contribution in [0.5, 0.6) is 17.2 Å². The van der Waals surface area contributed by atoms with Crippen LogP contribution < -0.4 is 19.5 Å². The lowest BCUT2D eigenvalue weighted by atomic mass is 10.1. The normalized spacial score (nSPS) is 10.9. The Kier molecular flexibility index (Phi) is 5.93. The molecule has 0 aliphatic rings. The van der Waals surface area contributed by atoms with E-state index >= 15 is 0 Å². The summed E-state index contributed by atoms with van der Waals surface area (Å²) in [7, 11) is 3.13. The predicted molar refractivity (Wildman–Crippen MR) is 108 cm³/mol. The molecular formula is C20H20N2O4S. The van der Waals surface area contributed by atoms with E-state index in [0.717, 1.165) is 21.5 Å². The molecule has 2 aromatic carbocycles. The van der Waals surface area contributed by atoms with Crippen molar-refractivity contribution in [3.8, 4) is 17.2 Å². The summed E-state index contributed by atoms with van der Waals surface area (Å²) in [6.07, 6.45) is 3.12. The van der Waals surface area contributed by atoms with Crippen LogP contribution in [0.15, 0.2) is 42.5 Å².